The number of carbonyl (C=O) groups excluding carboxylic acids is 1. The fourth-order valence-electron chi connectivity index (χ4n) is 4.49. The van der Waals surface area contributed by atoms with Crippen molar-refractivity contribution in [3.8, 4) is 0 Å². The minimum Gasteiger partial charge on any atom is -0.377 e. The Hall–Kier alpha value is -0.610. The molecule has 3 aliphatic rings. The Balaban J connectivity index is 1.49. The molecule has 1 spiro atoms. The van der Waals surface area contributed by atoms with Gasteiger partial charge in [-0.05, 0) is 63.5 Å². The number of nitrogens with zero attached hydrogens (tertiary/aromatic N) is 2. The van der Waals surface area contributed by atoms with Crippen LogP contribution >= 0.6 is 0 Å². The predicted molar refractivity (Wildman–Crippen MR) is 87.8 cm³/mol. The van der Waals surface area contributed by atoms with E-state index in [1.165, 1.54) is 51.6 Å². The van der Waals surface area contributed by atoms with Crippen molar-refractivity contribution in [2.24, 2.45) is 5.41 Å². The third-order valence-corrected chi connectivity index (χ3v) is 5.88. The molecule has 0 saturated carbocycles. The molecule has 3 aliphatic heterocycles. The number of likely N-dealkylation sites (tertiary alicyclic amines) is 2. The standard InChI is InChI=1S/C18H32N2O2/c1-2-5-17(21)20-10-4-7-18(15-20)8-11-19(12-9-18)14-16-6-3-13-22-16/h16H,2-15H2,1H3/t16-/m0/s1. The summed E-state index contributed by atoms with van der Waals surface area (Å²) in [5, 5.41) is 0. The van der Waals surface area contributed by atoms with E-state index in [2.05, 4.69) is 16.7 Å². The molecule has 0 aliphatic carbocycles. The maximum Gasteiger partial charge on any atom is 0.222 e. The second kappa shape index (κ2) is 7.31. The second-order valence-corrected chi connectivity index (χ2v) is 7.60. The summed E-state index contributed by atoms with van der Waals surface area (Å²) in [6.07, 6.45) is 9.67. The summed E-state index contributed by atoms with van der Waals surface area (Å²) in [5.74, 6) is 0.378. The first-order valence-electron chi connectivity index (χ1n) is 9.32. The van der Waals surface area contributed by atoms with Gasteiger partial charge in [-0.1, -0.05) is 6.92 Å². The lowest BCUT2D eigenvalue weighted by Gasteiger charge is -2.48. The van der Waals surface area contributed by atoms with Gasteiger partial charge in [0.15, 0.2) is 0 Å². The van der Waals surface area contributed by atoms with Crippen LogP contribution < -0.4 is 0 Å². The summed E-state index contributed by atoms with van der Waals surface area (Å²) in [5.41, 5.74) is 0.411. The molecule has 0 bridgehead atoms. The van der Waals surface area contributed by atoms with E-state index in [9.17, 15) is 4.79 Å². The van der Waals surface area contributed by atoms with Crippen LogP contribution in [0.1, 0.15) is 58.3 Å². The van der Waals surface area contributed by atoms with Gasteiger partial charge < -0.3 is 14.5 Å². The lowest BCUT2D eigenvalue weighted by Crippen LogP contribution is -2.51. The van der Waals surface area contributed by atoms with Crippen LogP contribution in [0.5, 0.6) is 0 Å². The molecule has 0 radical (unpaired) electrons. The Bertz CT molecular complexity index is 371. The highest BCUT2D eigenvalue weighted by molar-refractivity contribution is 5.76. The van der Waals surface area contributed by atoms with E-state index in [4.69, 9.17) is 4.74 Å². The fraction of sp³-hybridized carbons (Fsp3) is 0.944. The fourth-order valence-corrected chi connectivity index (χ4v) is 4.49. The zero-order valence-corrected chi connectivity index (χ0v) is 14.2. The zero-order chi connectivity index (χ0) is 15.4. The average Bonchev–Trinajstić information content (AvgIpc) is 3.03. The topological polar surface area (TPSA) is 32.8 Å². The molecule has 0 aromatic rings. The molecule has 3 saturated heterocycles. The molecular weight excluding hydrogens is 276 g/mol. The minimum absolute atomic E-state index is 0.378. The van der Waals surface area contributed by atoms with E-state index < -0.39 is 0 Å². The van der Waals surface area contributed by atoms with Crippen molar-refractivity contribution >= 4 is 5.91 Å². The number of ether oxygens (including phenoxy) is 1. The highest BCUT2D eigenvalue weighted by Crippen LogP contribution is 2.40. The largest absolute Gasteiger partial charge is 0.377 e. The first-order valence-corrected chi connectivity index (χ1v) is 9.32. The second-order valence-electron chi connectivity index (χ2n) is 7.60. The predicted octanol–water partition coefficient (Wildman–Crippen LogP) is 2.67. The molecule has 1 amide bonds. The Morgan fingerprint density at radius 1 is 1.18 bits per heavy atom. The normalized spacial score (nSPS) is 29.1. The molecule has 4 nitrogen and oxygen atoms in total. The number of hydrogen-bond donors (Lipinski definition) is 0. The SMILES string of the molecule is CCCC(=O)N1CCCC2(CCN(C[C@@H]3CCCO3)CC2)C1. The Morgan fingerprint density at radius 2 is 2.00 bits per heavy atom. The quantitative estimate of drug-likeness (QED) is 0.800. The third-order valence-electron chi connectivity index (χ3n) is 5.88. The number of hydrogen-bond acceptors (Lipinski definition) is 3. The molecule has 0 aromatic heterocycles. The smallest absolute Gasteiger partial charge is 0.222 e. The monoisotopic (exact) mass is 308 g/mol. The molecule has 3 rings (SSSR count). The van der Waals surface area contributed by atoms with Crippen molar-refractivity contribution in [3.05, 3.63) is 0 Å². The van der Waals surface area contributed by atoms with Crippen LogP contribution in [0.4, 0.5) is 0 Å². The van der Waals surface area contributed by atoms with Crippen molar-refractivity contribution in [3.63, 3.8) is 0 Å². The van der Waals surface area contributed by atoms with E-state index in [1.54, 1.807) is 0 Å². The van der Waals surface area contributed by atoms with Crippen LogP contribution in [0.3, 0.4) is 0 Å². The number of carbonyl (C=O) groups is 1. The van der Waals surface area contributed by atoms with Gasteiger partial charge in [-0.3, -0.25) is 4.79 Å². The number of amides is 1. The molecule has 22 heavy (non-hydrogen) atoms. The highest BCUT2D eigenvalue weighted by Gasteiger charge is 2.39. The Morgan fingerprint density at radius 3 is 2.68 bits per heavy atom. The first kappa shape index (κ1) is 16.3. The van der Waals surface area contributed by atoms with E-state index in [-0.39, 0.29) is 0 Å². The van der Waals surface area contributed by atoms with Crippen LogP contribution in [-0.4, -0.2) is 61.1 Å². The van der Waals surface area contributed by atoms with E-state index >= 15 is 0 Å². The molecule has 4 heteroatoms. The highest BCUT2D eigenvalue weighted by atomic mass is 16.5. The maximum absolute atomic E-state index is 12.2. The summed E-state index contributed by atoms with van der Waals surface area (Å²) in [6.45, 7) is 8.55. The maximum atomic E-state index is 12.2. The Labute approximate surface area is 135 Å². The zero-order valence-electron chi connectivity index (χ0n) is 14.2. The van der Waals surface area contributed by atoms with Crippen molar-refractivity contribution in [2.75, 3.05) is 39.3 Å². The number of rotatable bonds is 4. The third kappa shape index (κ3) is 3.83. The summed E-state index contributed by atoms with van der Waals surface area (Å²) in [6, 6.07) is 0. The molecule has 0 aromatic carbocycles. The van der Waals surface area contributed by atoms with Crippen LogP contribution in [0, 0.1) is 5.41 Å². The van der Waals surface area contributed by atoms with Crippen molar-refractivity contribution in [1.82, 2.24) is 9.80 Å². The summed E-state index contributed by atoms with van der Waals surface area (Å²) in [4.78, 5) is 17.0. The van der Waals surface area contributed by atoms with Crippen LogP contribution in [0.25, 0.3) is 0 Å². The van der Waals surface area contributed by atoms with Crippen LogP contribution in [-0.2, 0) is 9.53 Å². The van der Waals surface area contributed by atoms with Gasteiger partial charge in [0.1, 0.15) is 0 Å². The van der Waals surface area contributed by atoms with Gasteiger partial charge in [-0.15, -0.1) is 0 Å². The molecular formula is C18H32N2O2. The van der Waals surface area contributed by atoms with Gasteiger partial charge in [-0.2, -0.15) is 0 Å². The van der Waals surface area contributed by atoms with Crippen molar-refractivity contribution in [1.29, 1.82) is 0 Å². The molecule has 126 valence electrons. The number of piperidine rings is 2. The first-order chi connectivity index (χ1) is 10.7. The average molecular weight is 308 g/mol. The van der Waals surface area contributed by atoms with Crippen LogP contribution in [0.15, 0.2) is 0 Å². The van der Waals surface area contributed by atoms with Gasteiger partial charge in [0.05, 0.1) is 6.10 Å². The van der Waals surface area contributed by atoms with Crippen molar-refractivity contribution in [2.45, 2.75) is 64.4 Å². The van der Waals surface area contributed by atoms with Crippen molar-refractivity contribution < 1.29 is 9.53 Å². The lowest BCUT2D eigenvalue weighted by atomic mass is 9.72. The summed E-state index contributed by atoms with van der Waals surface area (Å²) in [7, 11) is 0. The summed E-state index contributed by atoms with van der Waals surface area (Å²) < 4.78 is 5.77. The molecule has 0 N–H and O–H groups in total. The van der Waals surface area contributed by atoms with Crippen LogP contribution in [0.2, 0.25) is 0 Å². The van der Waals surface area contributed by atoms with Gasteiger partial charge in [0.2, 0.25) is 5.91 Å². The van der Waals surface area contributed by atoms with Gasteiger partial charge in [-0.25, -0.2) is 0 Å². The molecule has 1 atom stereocenters. The molecule has 3 fully saturated rings. The Kier molecular flexibility index (Phi) is 5.40. The van der Waals surface area contributed by atoms with E-state index in [1.807, 2.05) is 0 Å². The molecule has 3 heterocycles. The van der Waals surface area contributed by atoms with E-state index in [0.717, 1.165) is 39.1 Å². The van der Waals surface area contributed by atoms with E-state index in [0.29, 0.717) is 17.4 Å². The minimum atomic E-state index is 0.378. The molecule has 0 unspecified atom stereocenters. The van der Waals surface area contributed by atoms with Gasteiger partial charge >= 0.3 is 0 Å². The van der Waals surface area contributed by atoms with Gasteiger partial charge in [0.25, 0.3) is 0 Å². The van der Waals surface area contributed by atoms with Gasteiger partial charge in [0, 0.05) is 32.7 Å². The summed E-state index contributed by atoms with van der Waals surface area (Å²) >= 11 is 0. The lowest BCUT2D eigenvalue weighted by molar-refractivity contribution is -0.135.